The number of rotatable bonds is 6. The van der Waals surface area contributed by atoms with Gasteiger partial charge in [0, 0.05) is 39.4 Å². The van der Waals surface area contributed by atoms with Gasteiger partial charge < -0.3 is 14.8 Å². The number of nitrogens with one attached hydrogen (secondary N) is 2. The summed E-state index contributed by atoms with van der Waals surface area (Å²) in [4.78, 5) is 2.56. The van der Waals surface area contributed by atoms with Gasteiger partial charge in [0.05, 0.1) is 23.1 Å². The monoisotopic (exact) mass is 722 g/mol. The molecule has 0 saturated heterocycles. The van der Waals surface area contributed by atoms with Crippen molar-refractivity contribution in [3.8, 4) is 16.8 Å². The van der Waals surface area contributed by atoms with Crippen LogP contribution in [-0.2, 0) is 0 Å². The molecular weight excluding hydrogens is 681 g/mol. The lowest BCUT2D eigenvalue weighted by atomic mass is 9.81. The fourth-order valence-electron chi connectivity index (χ4n) is 9.68. The molecule has 4 atom stereocenters. The highest BCUT2D eigenvalue weighted by atomic mass is 15.2. The molecule has 270 valence electrons. The molecule has 4 heteroatoms. The zero-order chi connectivity index (χ0) is 37.0. The van der Waals surface area contributed by atoms with Crippen LogP contribution in [0, 0.1) is 0 Å². The summed E-state index contributed by atoms with van der Waals surface area (Å²) in [6.07, 6.45) is 20.5. The van der Waals surface area contributed by atoms with Crippen LogP contribution in [0.2, 0.25) is 0 Å². The van der Waals surface area contributed by atoms with Crippen LogP contribution in [0.15, 0.2) is 205 Å². The summed E-state index contributed by atoms with van der Waals surface area (Å²) in [6, 6.07) is 53.2. The van der Waals surface area contributed by atoms with E-state index in [2.05, 4.69) is 214 Å². The Morgan fingerprint density at radius 3 is 2.12 bits per heavy atom. The Kier molecular flexibility index (Phi) is 7.96. The minimum atomic E-state index is -0.0818. The Morgan fingerprint density at radius 1 is 0.589 bits per heavy atom. The van der Waals surface area contributed by atoms with Crippen LogP contribution in [0.3, 0.4) is 0 Å². The summed E-state index contributed by atoms with van der Waals surface area (Å²) in [6.45, 7) is 0. The van der Waals surface area contributed by atoms with Gasteiger partial charge >= 0.3 is 0 Å². The number of aromatic nitrogens is 1. The van der Waals surface area contributed by atoms with Crippen LogP contribution in [-0.4, -0.2) is 10.6 Å². The molecule has 1 aromatic heterocycles. The third-order valence-electron chi connectivity index (χ3n) is 12.1. The van der Waals surface area contributed by atoms with Gasteiger partial charge in [-0.3, -0.25) is 5.32 Å². The SMILES string of the molecule is C1=CCCC(C2=CC(c3c(-c4cccc5c4c4ccccc4n5-c4ccccc4)ccc4c3C3C=CC=CC3N4c3ccccc3)NC(c3ccccc3)N2)=C1. The molecule has 6 aromatic carbocycles. The van der Waals surface area contributed by atoms with E-state index in [0.29, 0.717) is 0 Å². The number of allylic oxidation sites excluding steroid dienone is 6. The van der Waals surface area contributed by atoms with Gasteiger partial charge in [0.25, 0.3) is 0 Å². The maximum absolute atomic E-state index is 4.16. The second kappa shape index (κ2) is 13.6. The first-order valence-electron chi connectivity index (χ1n) is 19.9. The van der Waals surface area contributed by atoms with Gasteiger partial charge in [-0.05, 0) is 94.8 Å². The minimum absolute atomic E-state index is 0.0725. The van der Waals surface area contributed by atoms with Crippen LogP contribution in [0.5, 0.6) is 0 Å². The number of anilines is 2. The standard InChI is InChI=1S/C52H42N4/c1-5-18-35(19-6-1)43-34-44(54-52(53-43)36-20-7-2-8-21-36)50-40(32-33-48-51(50)42-27-14-16-30-46(42)56(48)38-24-11-4-12-25-38)39-28-17-31-47-49(39)41-26-13-15-29-45(41)55(47)37-22-9-3-10-23-37/h1-5,7-18,20-34,42,44,46,52-54H,6,19H2. The van der Waals surface area contributed by atoms with Crippen molar-refractivity contribution in [2.24, 2.45) is 0 Å². The van der Waals surface area contributed by atoms with Gasteiger partial charge in [-0.1, -0.05) is 146 Å². The summed E-state index contributed by atoms with van der Waals surface area (Å²) in [5.74, 6) is 0.176. The first kappa shape index (κ1) is 32.8. The van der Waals surface area contributed by atoms with Crippen molar-refractivity contribution >= 4 is 33.2 Å². The lowest BCUT2D eigenvalue weighted by Gasteiger charge is -2.36. The van der Waals surface area contributed by atoms with Gasteiger partial charge in [-0.15, -0.1) is 0 Å². The highest BCUT2D eigenvalue weighted by molar-refractivity contribution is 6.16. The molecule has 0 bridgehead atoms. The van der Waals surface area contributed by atoms with Gasteiger partial charge in [0.15, 0.2) is 0 Å². The van der Waals surface area contributed by atoms with Gasteiger partial charge in [0.2, 0.25) is 0 Å². The largest absolute Gasteiger partial charge is 0.366 e. The van der Waals surface area contributed by atoms with E-state index in [1.165, 1.54) is 78.0 Å². The fraction of sp³-hybridized carbons (Fsp3) is 0.115. The minimum Gasteiger partial charge on any atom is -0.366 e. The first-order chi connectivity index (χ1) is 27.8. The molecule has 7 aromatic rings. The Hall–Kier alpha value is -6.62. The van der Waals surface area contributed by atoms with Gasteiger partial charge in [-0.25, -0.2) is 0 Å². The zero-order valence-corrected chi connectivity index (χ0v) is 31.1. The number of benzene rings is 6. The molecule has 0 fully saturated rings. The molecule has 11 rings (SSSR count). The normalized spacial score (nSPS) is 21.1. The highest BCUT2D eigenvalue weighted by Gasteiger charge is 2.42. The maximum atomic E-state index is 4.16. The first-order valence-corrected chi connectivity index (χ1v) is 19.9. The molecule has 4 nitrogen and oxygen atoms in total. The molecule has 0 saturated carbocycles. The van der Waals surface area contributed by atoms with Crippen molar-refractivity contribution in [1.29, 1.82) is 0 Å². The third kappa shape index (κ3) is 5.32. The number of fused-ring (bicyclic) bond motifs is 6. The third-order valence-corrected chi connectivity index (χ3v) is 12.1. The van der Waals surface area contributed by atoms with Crippen molar-refractivity contribution in [1.82, 2.24) is 15.2 Å². The number of nitrogens with zero attached hydrogens (tertiary/aromatic N) is 2. The average molecular weight is 723 g/mol. The molecule has 0 radical (unpaired) electrons. The van der Waals surface area contributed by atoms with Crippen molar-refractivity contribution in [2.75, 3.05) is 4.90 Å². The van der Waals surface area contributed by atoms with E-state index in [-0.39, 0.29) is 24.2 Å². The molecule has 0 spiro atoms. The topological polar surface area (TPSA) is 32.2 Å². The van der Waals surface area contributed by atoms with Crippen molar-refractivity contribution in [3.63, 3.8) is 0 Å². The van der Waals surface area contributed by atoms with Crippen LogP contribution in [0.1, 0.15) is 47.7 Å². The fourth-order valence-corrected chi connectivity index (χ4v) is 9.68. The Morgan fingerprint density at radius 2 is 1.32 bits per heavy atom. The average Bonchev–Trinajstić information content (AvgIpc) is 3.80. The Balaban J connectivity index is 1.21. The smallest absolute Gasteiger partial charge is 0.104 e. The molecule has 4 unspecified atom stereocenters. The predicted octanol–water partition coefficient (Wildman–Crippen LogP) is 12.3. The molecule has 2 N–H and O–H groups in total. The molecule has 56 heavy (non-hydrogen) atoms. The molecule has 0 amide bonds. The van der Waals surface area contributed by atoms with Gasteiger partial charge in [-0.2, -0.15) is 0 Å². The number of hydrogen-bond donors (Lipinski definition) is 2. The van der Waals surface area contributed by atoms with Gasteiger partial charge in [0.1, 0.15) is 6.17 Å². The van der Waals surface area contributed by atoms with E-state index < -0.39 is 0 Å². The van der Waals surface area contributed by atoms with Crippen LogP contribution in [0.4, 0.5) is 11.4 Å². The highest BCUT2D eigenvalue weighted by Crippen LogP contribution is 2.54. The summed E-state index contributed by atoms with van der Waals surface area (Å²) in [7, 11) is 0. The summed E-state index contributed by atoms with van der Waals surface area (Å²) < 4.78 is 2.43. The van der Waals surface area contributed by atoms with E-state index in [1.54, 1.807) is 0 Å². The Labute approximate surface area is 328 Å². The quantitative estimate of drug-likeness (QED) is 0.179. The lowest BCUT2D eigenvalue weighted by molar-refractivity contribution is 0.417. The lowest BCUT2D eigenvalue weighted by Crippen LogP contribution is -2.41. The van der Waals surface area contributed by atoms with Crippen LogP contribution >= 0.6 is 0 Å². The van der Waals surface area contributed by atoms with E-state index >= 15 is 0 Å². The van der Waals surface area contributed by atoms with E-state index in [1.807, 2.05) is 0 Å². The second-order valence-corrected chi connectivity index (χ2v) is 15.2. The van der Waals surface area contributed by atoms with Crippen molar-refractivity contribution in [3.05, 3.63) is 222 Å². The molecule has 2 aliphatic heterocycles. The van der Waals surface area contributed by atoms with E-state index in [0.717, 1.165) is 12.8 Å². The Bertz CT molecular complexity index is 2770. The number of hydrogen-bond acceptors (Lipinski definition) is 3. The van der Waals surface area contributed by atoms with E-state index in [4.69, 9.17) is 0 Å². The summed E-state index contributed by atoms with van der Waals surface area (Å²) >= 11 is 0. The summed E-state index contributed by atoms with van der Waals surface area (Å²) in [5, 5.41) is 10.6. The molecule has 2 aliphatic carbocycles. The van der Waals surface area contributed by atoms with E-state index in [9.17, 15) is 0 Å². The molecule has 4 aliphatic rings. The van der Waals surface area contributed by atoms with Crippen LogP contribution < -0.4 is 15.5 Å². The van der Waals surface area contributed by atoms with Crippen molar-refractivity contribution < 1.29 is 0 Å². The molecular formula is C52H42N4. The van der Waals surface area contributed by atoms with Crippen LogP contribution in [0.25, 0.3) is 38.6 Å². The second-order valence-electron chi connectivity index (χ2n) is 15.2. The summed E-state index contributed by atoms with van der Waals surface area (Å²) in [5.41, 5.74) is 15.1. The van der Waals surface area contributed by atoms with Crippen molar-refractivity contribution in [2.45, 2.75) is 37.0 Å². The maximum Gasteiger partial charge on any atom is 0.104 e. The zero-order valence-electron chi connectivity index (χ0n) is 31.1. The molecule has 3 heterocycles. The number of para-hydroxylation sites is 3. The predicted molar refractivity (Wildman–Crippen MR) is 232 cm³/mol.